The zero-order chi connectivity index (χ0) is 15.4. The number of carboxylic acids is 1. The number of carbonyl (C=O) groups excluding carboxylic acids is 1. The third kappa shape index (κ3) is 4.31. The van der Waals surface area contributed by atoms with Gasteiger partial charge in [0.2, 0.25) is 5.91 Å². The van der Waals surface area contributed by atoms with Crippen LogP contribution in [-0.2, 0) is 22.4 Å². The molecule has 1 amide bonds. The van der Waals surface area contributed by atoms with Crippen LogP contribution in [0.4, 0.5) is 0 Å². The molecule has 0 spiro atoms. The van der Waals surface area contributed by atoms with Gasteiger partial charge in [0, 0.05) is 12.0 Å². The molecule has 2 rings (SSSR count). The number of rotatable bonds is 6. The second-order valence-corrected chi connectivity index (χ2v) is 6.31. The first-order valence-electron chi connectivity index (χ1n) is 7.54. The van der Waals surface area contributed by atoms with Crippen molar-refractivity contribution in [2.45, 2.75) is 45.6 Å². The number of amides is 1. The van der Waals surface area contributed by atoms with E-state index in [1.807, 2.05) is 26.0 Å². The average molecular weight is 289 g/mol. The fourth-order valence-corrected chi connectivity index (χ4v) is 3.04. The van der Waals surface area contributed by atoms with Crippen LogP contribution in [0, 0.1) is 11.8 Å². The predicted molar refractivity (Wildman–Crippen MR) is 81.0 cm³/mol. The van der Waals surface area contributed by atoms with Crippen molar-refractivity contribution in [2.24, 2.45) is 11.8 Å². The average Bonchev–Trinajstić information content (AvgIpc) is 2.80. The summed E-state index contributed by atoms with van der Waals surface area (Å²) in [5.74, 6) is -0.588. The number of hydrogen-bond acceptors (Lipinski definition) is 2. The standard InChI is InChI=1S/C17H23NO3/c1-11(2)7-15(10-16(19)20)18-17(21)14-8-12-5-3-4-6-13(12)9-14/h3-6,11,14-15H,7-10H2,1-2H3,(H,18,21)(H,19,20). The van der Waals surface area contributed by atoms with E-state index in [0.29, 0.717) is 12.3 Å². The van der Waals surface area contributed by atoms with E-state index in [2.05, 4.69) is 17.4 Å². The van der Waals surface area contributed by atoms with Crippen LogP contribution >= 0.6 is 0 Å². The summed E-state index contributed by atoms with van der Waals surface area (Å²) in [6.07, 6.45) is 2.19. The second-order valence-electron chi connectivity index (χ2n) is 6.31. The molecule has 0 radical (unpaired) electrons. The Kier molecular flexibility index (Phi) is 4.99. The van der Waals surface area contributed by atoms with Gasteiger partial charge in [0.25, 0.3) is 0 Å². The third-order valence-corrected chi connectivity index (χ3v) is 3.95. The van der Waals surface area contributed by atoms with Crippen molar-refractivity contribution in [1.82, 2.24) is 5.32 Å². The van der Waals surface area contributed by atoms with E-state index in [1.54, 1.807) is 0 Å². The van der Waals surface area contributed by atoms with E-state index in [0.717, 1.165) is 12.8 Å². The van der Waals surface area contributed by atoms with Gasteiger partial charge in [-0.2, -0.15) is 0 Å². The molecule has 0 saturated heterocycles. The monoisotopic (exact) mass is 289 g/mol. The van der Waals surface area contributed by atoms with Gasteiger partial charge in [0.05, 0.1) is 6.42 Å². The lowest BCUT2D eigenvalue weighted by Gasteiger charge is -2.21. The van der Waals surface area contributed by atoms with Gasteiger partial charge in [0.1, 0.15) is 0 Å². The molecule has 1 atom stereocenters. The Balaban J connectivity index is 1.95. The summed E-state index contributed by atoms with van der Waals surface area (Å²) in [5.41, 5.74) is 2.47. The Morgan fingerprint density at radius 2 is 1.81 bits per heavy atom. The zero-order valence-corrected chi connectivity index (χ0v) is 12.6. The lowest BCUT2D eigenvalue weighted by atomic mass is 9.99. The molecule has 4 heteroatoms. The summed E-state index contributed by atoms with van der Waals surface area (Å²) >= 11 is 0. The summed E-state index contributed by atoms with van der Waals surface area (Å²) in [6.45, 7) is 4.07. The van der Waals surface area contributed by atoms with Gasteiger partial charge in [-0.05, 0) is 36.3 Å². The summed E-state index contributed by atoms with van der Waals surface area (Å²) in [4.78, 5) is 23.3. The van der Waals surface area contributed by atoms with E-state index < -0.39 is 5.97 Å². The number of benzene rings is 1. The molecule has 0 heterocycles. The smallest absolute Gasteiger partial charge is 0.305 e. The number of hydrogen-bond donors (Lipinski definition) is 2. The van der Waals surface area contributed by atoms with Crippen LogP contribution in [0.15, 0.2) is 24.3 Å². The van der Waals surface area contributed by atoms with Crippen molar-refractivity contribution < 1.29 is 14.7 Å². The van der Waals surface area contributed by atoms with Crippen LogP contribution in [-0.4, -0.2) is 23.0 Å². The number of fused-ring (bicyclic) bond motifs is 1. The maximum absolute atomic E-state index is 12.4. The van der Waals surface area contributed by atoms with Gasteiger partial charge in [-0.1, -0.05) is 38.1 Å². The first-order chi connectivity index (χ1) is 9.95. The van der Waals surface area contributed by atoms with Gasteiger partial charge in [-0.3, -0.25) is 9.59 Å². The van der Waals surface area contributed by atoms with E-state index >= 15 is 0 Å². The van der Waals surface area contributed by atoms with Crippen LogP contribution in [0.3, 0.4) is 0 Å². The summed E-state index contributed by atoms with van der Waals surface area (Å²) in [5, 5.41) is 11.9. The van der Waals surface area contributed by atoms with E-state index in [9.17, 15) is 9.59 Å². The van der Waals surface area contributed by atoms with Gasteiger partial charge < -0.3 is 10.4 Å². The fourth-order valence-electron chi connectivity index (χ4n) is 3.04. The van der Waals surface area contributed by atoms with Crippen molar-refractivity contribution in [3.8, 4) is 0 Å². The Morgan fingerprint density at radius 1 is 1.24 bits per heavy atom. The molecule has 1 aliphatic rings. The first-order valence-corrected chi connectivity index (χ1v) is 7.54. The lowest BCUT2D eigenvalue weighted by Crippen LogP contribution is -2.41. The van der Waals surface area contributed by atoms with Gasteiger partial charge >= 0.3 is 5.97 Å². The molecule has 1 aromatic rings. The maximum Gasteiger partial charge on any atom is 0.305 e. The Labute approximate surface area is 125 Å². The van der Waals surface area contributed by atoms with Crippen LogP contribution < -0.4 is 5.32 Å². The molecule has 21 heavy (non-hydrogen) atoms. The van der Waals surface area contributed by atoms with E-state index in [1.165, 1.54) is 11.1 Å². The van der Waals surface area contributed by atoms with Crippen LogP contribution in [0.5, 0.6) is 0 Å². The highest BCUT2D eigenvalue weighted by Crippen LogP contribution is 2.26. The van der Waals surface area contributed by atoms with Gasteiger partial charge in [-0.15, -0.1) is 0 Å². The molecule has 0 saturated carbocycles. The molecular formula is C17H23NO3. The Bertz CT molecular complexity index is 500. The minimum Gasteiger partial charge on any atom is -0.481 e. The minimum absolute atomic E-state index is 0.0103. The predicted octanol–water partition coefficient (Wildman–Crippen LogP) is 2.41. The quantitative estimate of drug-likeness (QED) is 0.845. The zero-order valence-electron chi connectivity index (χ0n) is 12.6. The molecule has 1 aromatic carbocycles. The maximum atomic E-state index is 12.4. The highest BCUT2D eigenvalue weighted by molar-refractivity contribution is 5.81. The van der Waals surface area contributed by atoms with Crippen molar-refractivity contribution in [1.29, 1.82) is 0 Å². The fraction of sp³-hybridized carbons (Fsp3) is 0.529. The van der Waals surface area contributed by atoms with Crippen LogP contribution in [0.25, 0.3) is 0 Å². The van der Waals surface area contributed by atoms with E-state index in [-0.39, 0.29) is 24.3 Å². The molecule has 1 unspecified atom stereocenters. The van der Waals surface area contributed by atoms with Crippen molar-refractivity contribution >= 4 is 11.9 Å². The molecule has 2 N–H and O–H groups in total. The summed E-state index contributed by atoms with van der Waals surface area (Å²) in [6, 6.07) is 7.83. The molecule has 114 valence electrons. The molecule has 0 fully saturated rings. The molecule has 0 aromatic heterocycles. The SMILES string of the molecule is CC(C)CC(CC(=O)O)NC(=O)C1Cc2ccccc2C1. The summed E-state index contributed by atoms with van der Waals surface area (Å²) < 4.78 is 0. The molecule has 0 bridgehead atoms. The second kappa shape index (κ2) is 6.74. The molecular weight excluding hydrogens is 266 g/mol. The van der Waals surface area contributed by atoms with Crippen molar-refractivity contribution in [3.05, 3.63) is 35.4 Å². The van der Waals surface area contributed by atoms with Crippen molar-refractivity contribution in [2.75, 3.05) is 0 Å². The topological polar surface area (TPSA) is 66.4 Å². The first kappa shape index (κ1) is 15.5. The number of carbonyl (C=O) groups is 2. The van der Waals surface area contributed by atoms with Crippen LogP contribution in [0.2, 0.25) is 0 Å². The highest BCUT2D eigenvalue weighted by atomic mass is 16.4. The summed E-state index contributed by atoms with van der Waals surface area (Å²) in [7, 11) is 0. The number of aliphatic carboxylic acids is 1. The lowest BCUT2D eigenvalue weighted by molar-refractivity contribution is -0.138. The van der Waals surface area contributed by atoms with Gasteiger partial charge in [-0.25, -0.2) is 0 Å². The Hall–Kier alpha value is -1.84. The van der Waals surface area contributed by atoms with Crippen molar-refractivity contribution in [3.63, 3.8) is 0 Å². The van der Waals surface area contributed by atoms with E-state index in [4.69, 9.17) is 5.11 Å². The Morgan fingerprint density at radius 3 is 2.29 bits per heavy atom. The molecule has 1 aliphatic carbocycles. The number of nitrogens with one attached hydrogen (secondary N) is 1. The van der Waals surface area contributed by atoms with Crippen LogP contribution in [0.1, 0.15) is 37.8 Å². The largest absolute Gasteiger partial charge is 0.481 e. The molecule has 0 aliphatic heterocycles. The normalized spacial score (nSPS) is 15.8. The molecule has 4 nitrogen and oxygen atoms in total. The number of carboxylic acid groups (broad SMARTS) is 1. The third-order valence-electron chi connectivity index (χ3n) is 3.95. The van der Waals surface area contributed by atoms with Gasteiger partial charge in [0.15, 0.2) is 0 Å². The highest BCUT2D eigenvalue weighted by Gasteiger charge is 2.29. The minimum atomic E-state index is -0.865.